The van der Waals surface area contributed by atoms with Crippen LogP contribution in [0.25, 0.3) is 0 Å². The van der Waals surface area contributed by atoms with Crippen molar-refractivity contribution in [1.29, 1.82) is 0 Å². The van der Waals surface area contributed by atoms with Crippen molar-refractivity contribution >= 4 is 5.91 Å². The number of phenols is 1. The first-order valence-corrected chi connectivity index (χ1v) is 4.38. The van der Waals surface area contributed by atoms with Crippen LogP contribution in [0, 0.1) is 0 Å². The summed E-state index contributed by atoms with van der Waals surface area (Å²) >= 11 is 0. The van der Waals surface area contributed by atoms with Gasteiger partial charge in [-0.1, -0.05) is 0 Å². The Hall–Kier alpha value is -2.11. The van der Waals surface area contributed by atoms with Gasteiger partial charge in [-0.25, -0.2) is 0 Å². The highest BCUT2D eigenvalue weighted by molar-refractivity contribution is 5.97. The van der Waals surface area contributed by atoms with Crippen LogP contribution in [0.15, 0.2) is 6.07 Å². The molecule has 0 fully saturated rings. The van der Waals surface area contributed by atoms with Gasteiger partial charge in [-0.3, -0.25) is 4.79 Å². The molecular weight excluding hydrogens is 214 g/mol. The zero-order chi connectivity index (χ0) is 12.3. The molecule has 6 nitrogen and oxygen atoms in total. The molecule has 1 aromatic carbocycles. The molecule has 0 saturated carbocycles. The van der Waals surface area contributed by atoms with Crippen LogP contribution < -0.4 is 19.9 Å². The molecule has 0 aromatic heterocycles. The number of nitrogens with two attached hydrogens (primary N) is 1. The third kappa shape index (κ3) is 1.81. The van der Waals surface area contributed by atoms with E-state index in [4.69, 9.17) is 19.9 Å². The zero-order valence-corrected chi connectivity index (χ0v) is 9.23. The van der Waals surface area contributed by atoms with Gasteiger partial charge in [0.2, 0.25) is 11.5 Å². The highest BCUT2D eigenvalue weighted by Crippen LogP contribution is 2.45. The molecule has 0 heterocycles. The van der Waals surface area contributed by atoms with Gasteiger partial charge >= 0.3 is 0 Å². The highest BCUT2D eigenvalue weighted by Gasteiger charge is 2.22. The minimum absolute atomic E-state index is 0.00986. The molecule has 3 N–H and O–H groups in total. The molecule has 0 unspecified atom stereocenters. The van der Waals surface area contributed by atoms with Crippen LogP contribution in [-0.2, 0) is 0 Å². The fourth-order valence-corrected chi connectivity index (χ4v) is 1.33. The monoisotopic (exact) mass is 227 g/mol. The average molecular weight is 227 g/mol. The van der Waals surface area contributed by atoms with Crippen LogP contribution in [0.3, 0.4) is 0 Å². The lowest BCUT2D eigenvalue weighted by molar-refractivity contribution is 0.0996. The normalized spacial score (nSPS) is 9.69. The smallest absolute Gasteiger partial charge is 0.252 e. The Morgan fingerprint density at radius 1 is 1.19 bits per heavy atom. The van der Waals surface area contributed by atoms with Gasteiger partial charge in [0, 0.05) is 6.07 Å². The number of carbonyl (C=O) groups is 1. The lowest BCUT2D eigenvalue weighted by atomic mass is 10.1. The van der Waals surface area contributed by atoms with Gasteiger partial charge in [-0.05, 0) is 0 Å². The third-order valence-corrected chi connectivity index (χ3v) is 2.07. The van der Waals surface area contributed by atoms with Gasteiger partial charge in [0.15, 0.2) is 11.5 Å². The molecule has 0 radical (unpaired) electrons. The minimum Gasteiger partial charge on any atom is -0.504 e. The van der Waals surface area contributed by atoms with Crippen molar-refractivity contribution < 1.29 is 24.1 Å². The lowest BCUT2D eigenvalue weighted by Crippen LogP contribution is -2.12. The lowest BCUT2D eigenvalue weighted by Gasteiger charge is -2.14. The van der Waals surface area contributed by atoms with Gasteiger partial charge in [0.05, 0.1) is 26.9 Å². The van der Waals surface area contributed by atoms with Gasteiger partial charge in [0.25, 0.3) is 5.91 Å². The number of methoxy groups -OCH3 is 3. The molecule has 0 saturated heterocycles. The second kappa shape index (κ2) is 4.61. The Labute approximate surface area is 92.5 Å². The maximum Gasteiger partial charge on any atom is 0.252 e. The topological polar surface area (TPSA) is 91.0 Å². The van der Waals surface area contributed by atoms with E-state index < -0.39 is 5.91 Å². The van der Waals surface area contributed by atoms with E-state index >= 15 is 0 Å². The first-order valence-electron chi connectivity index (χ1n) is 4.38. The summed E-state index contributed by atoms with van der Waals surface area (Å²) in [5, 5.41) is 9.73. The summed E-state index contributed by atoms with van der Waals surface area (Å²) in [4.78, 5) is 11.1. The average Bonchev–Trinajstić information content (AvgIpc) is 2.27. The van der Waals surface area contributed by atoms with Crippen LogP contribution in [0.4, 0.5) is 0 Å². The van der Waals surface area contributed by atoms with E-state index in [-0.39, 0.29) is 28.6 Å². The van der Waals surface area contributed by atoms with E-state index in [2.05, 4.69) is 0 Å². The van der Waals surface area contributed by atoms with Crippen molar-refractivity contribution in [2.24, 2.45) is 5.73 Å². The summed E-state index contributed by atoms with van der Waals surface area (Å²) in [6, 6.07) is 1.29. The molecule has 1 aromatic rings. The van der Waals surface area contributed by atoms with Crippen LogP contribution in [0.1, 0.15) is 10.4 Å². The number of rotatable bonds is 4. The van der Waals surface area contributed by atoms with Crippen molar-refractivity contribution in [1.82, 2.24) is 0 Å². The molecule has 0 aliphatic carbocycles. The molecule has 6 heteroatoms. The summed E-state index contributed by atoms with van der Waals surface area (Å²) in [7, 11) is 4.13. The van der Waals surface area contributed by atoms with Crippen molar-refractivity contribution in [3.8, 4) is 23.0 Å². The van der Waals surface area contributed by atoms with E-state index in [0.29, 0.717) is 0 Å². The third-order valence-electron chi connectivity index (χ3n) is 2.07. The van der Waals surface area contributed by atoms with Crippen molar-refractivity contribution in [2.45, 2.75) is 0 Å². The van der Waals surface area contributed by atoms with E-state index in [0.717, 1.165) is 0 Å². The Morgan fingerprint density at radius 3 is 2.12 bits per heavy atom. The summed E-state index contributed by atoms with van der Waals surface area (Å²) in [6.45, 7) is 0. The second-order valence-corrected chi connectivity index (χ2v) is 2.91. The summed E-state index contributed by atoms with van der Waals surface area (Å²) in [6.07, 6.45) is 0. The molecular formula is C10H13NO5. The Balaban J connectivity index is 3.54. The highest BCUT2D eigenvalue weighted by atomic mass is 16.5. The number of amides is 1. The molecule has 88 valence electrons. The largest absolute Gasteiger partial charge is 0.504 e. The standard InChI is InChI=1S/C10H13NO5/c1-14-6-4-5(10(11)13)7(12)9(16-3)8(6)15-2/h4,12H,1-3H3,(H2,11,13). The molecule has 0 spiro atoms. The van der Waals surface area contributed by atoms with E-state index in [1.54, 1.807) is 0 Å². The number of aromatic hydroxyl groups is 1. The van der Waals surface area contributed by atoms with Crippen LogP contribution in [0.2, 0.25) is 0 Å². The van der Waals surface area contributed by atoms with E-state index in [1.807, 2.05) is 0 Å². The number of benzene rings is 1. The van der Waals surface area contributed by atoms with E-state index in [1.165, 1.54) is 27.4 Å². The first-order chi connectivity index (χ1) is 7.56. The van der Waals surface area contributed by atoms with Gasteiger partial charge < -0.3 is 25.1 Å². The summed E-state index contributed by atoms with van der Waals surface area (Å²) in [5.74, 6) is -0.682. The first kappa shape index (κ1) is 12.0. The number of hydrogen-bond acceptors (Lipinski definition) is 5. The predicted molar refractivity (Wildman–Crippen MR) is 56.3 cm³/mol. The SMILES string of the molecule is COc1cc(C(N)=O)c(O)c(OC)c1OC. The number of primary amides is 1. The quantitative estimate of drug-likeness (QED) is 0.782. The summed E-state index contributed by atoms with van der Waals surface area (Å²) in [5.41, 5.74) is 5.01. The van der Waals surface area contributed by atoms with Gasteiger partial charge in [-0.2, -0.15) is 0 Å². The fourth-order valence-electron chi connectivity index (χ4n) is 1.33. The molecule has 0 bridgehead atoms. The fraction of sp³-hybridized carbons (Fsp3) is 0.300. The number of carbonyl (C=O) groups excluding carboxylic acids is 1. The van der Waals surface area contributed by atoms with E-state index in [9.17, 15) is 9.90 Å². The molecule has 0 atom stereocenters. The maximum absolute atomic E-state index is 11.1. The minimum atomic E-state index is -0.781. The van der Waals surface area contributed by atoms with Crippen molar-refractivity contribution in [3.63, 3.8) is 0 Å². The number of hydrogen-bond donors (Lipinski definition) is 2. The zero-order valence-electron chi connectivity index (χ0n) is 9.23. The molecule has 0 aliphatic rings. The van der Waals surface area contributed by atoms with Gasteiger partial charge in [0.1, 0.15) is 0 Å². The van der Waals surface area contributed by atoms with Crippen LogP contribution in [-0.4, -0.2) is 32.3 Å². The summed E-state index contributed by atoms with van der Waals surface area (Å²) < 4.78 is 14.9. The number of ether oxygens (including phenoxy) is 3. The second-order valence-electron chi connectivity index (χ2n) is 2.91. The molecule has 0 aliphatic heterocycles. The molecule has 1 rings (SSSR count). The molecule has 16 heavy (non-hydrogen) atoms. The van der Waals surface area contributed by atoms with Crippen LogP contribution >= 0.6 is 0 Å². The van der Waals surface area contributed by atoms with Crippen molar-refractivity contribution in [3.05, 3.63) is 11.6 Å². The Morgan fingerprint density at radius 2 is 1.75 bits per heavy atom. The Bertz CT molecular complexity index is 416. The maximum atomic E-state index is 11.1. The Kier molecular flexibility index (Phi) is 3.44. The predicted octanol–water partition coefficient (Wildman–Crippen LogP) is 0.517. The van der Waals surface area contributed by atoms with Crippen LogP contribution in [0.5, 0.6) is 23.0 Å². The molecule has 1 amide bonds. The van der Waals surface area contributed by atoms with Crippen molar-refractivity contribution in [2.75, 3.05) is 21.3 Å². The van der Waals surface area contributed by atoms with Gasteiger partial charge in [-0.15, -0.1) is 0 Å².